The summed E-state index contributed by atoms with van der Waals surface area (Å²) in [6, 6.07) is 8.03. The molecule has 5 heteroatoms. The number of hydrogen-bond acceptors (Lipinski definition) is 3. The van der Waals surface area contributed by atoms with Gasteiger partial charge >= 0.3 is 0 Å². The van der Waals surface area contributed by atoms with Gasteiger partial charge in [-0.2, -0.15) is 0 Å². The average Bonchev–Trinajstić information content (AvgIpc) is 2.68. The Morgan fingerprint density at radius 3 is 2.54 bits per heavy atom. The van der Waals surface area contributed by atoms with Gasteiger partial charge in [0, 0.05) is 36.6 Å². The summed E-state index contributed by atoms with van der Waals surface area (Å²) in [4.78, 5) is 12.7. The molecule has 1 aliphatic carbocycles. The maximum atomic E-state index is 12.7. The van der Waals surface area contributed by atoms with Gasteiger partial charge in [0.15, 0.2) is 0 Å². The first-order valence-electron chi connectivity index (χ1n) is 9.88. The second-order valence-electron chi connectivity index (χ2n) is 8.12. The molecule has 4 nitrogen and oxygen atoms in total. The van der Waals surface area contributed by atoms with Crippen molar-refractivity contribution in [1.82, 2.24) is 5.32 Å². The Balaban J connectivity index is 1.67. The van der Waals surface area contributed by atoms with E-state index in [1.807, 2.05) is 18.2 Å². The number of carbonyl (C=O) groups is 1. The van der Waals surface area contributed by atoms with E-state index in [4.69, 9.17) is 22.1 Å². The van der Waals surface area contributed by atoms with Gasteiger partial charge in [-0.05, 0) is 55.3 Å². The summed E-state index contributed by atoms with van der Waals surface area (Å²) in [5.74, 6) is 0.130. The Morgan fingerprint density at radius 2 is 1.88 bits per heavy atom. The van der Waals surface area contributed by atoms with Crippen LogP contribution < -0.4 is 11.1 Å². The van der Waals surface area contributed by atoms with Crippen molar-refractivity contribution < 1.29 is 9.53 Å². The van der Waals surface area contributed by atoms with E-state index in [1.54, 1.807) is 0 Å². The van der Waals surface area contributed by atoms with Crippen molar-refractivity contribution in [3.8, 4) is 0 Å². The fraction of sp³-hybridized carbons (Fsp3) is 0.667. The highest BCUT2D eigenvalue weighted by Gasteiger charge is 2.37. The molecule has 2 aliphatic rings. The van der Waals surface area contributed by atoms with Crippen LogP contribution >= 0.6 is 11.6 Å². The molecule has 1 heterocycles. The lowest BCUT2D eigenvalue weighted by molar-refractivity contribution is -0.124. The first kappa shape index (κ1) is 19.7. The van der Waals surface area contributed by atoms with E-state index >= 15 is 0 Å². The summed E-state index contributed by atoms with van der Waals surface area (Å²) in [5.41, 5.74) is 7.15. The smallest absolute Gasteiger partial charge is 0.220 e. The van der Waals surface area contributed by atoms with E-state index in [0.717, 1.165) is 43.9 Å². The Kier molecular flexibility index (Phi) is 6.60. The molecule has 0 atom stereocenters. The van der Waals surface area contributed by atoms with Crippen LogP contribution in [0.5, 0.6) is 0 Å². The first-order chi connectivity index (χ1) is 12.6. The largest absolute Gasteiger partial charge is 0.381 e. The molecular formula is C21H31ClN2O2. The van der Waals surface area contributed by atoms with E-state index < -0.39 is 0 Å². The van der Waals surface area contributed by atoms with E-state index in [0.29, 0.717) is 19.5 Å². The van der Waals surface area contributed by atoms with Crippen molar-refractivity contribution in [2.45, 2.75) is 56.8 Å². The van der Waals surface area contributed by atoms with Crippen molar-refractivity contribution in [2.24, 2.45) is 11.1 Å². The lowest BCUT2D eigenvalue weighted by Gasteiger charge is -2.39. The fourth-order valence-corrected chi connectivity index (χ4v) is 4.76. The quantitative estimate of drug-likeness (QED) is 0.791. The van der Waals surface area contributed by atoms with Crippen LogP contribution in [0.2, 0.25) is 5.02 Å². The van der Waals surface area contributed by atoms with E-state index in [-0.39, 0.29) is 16.7 Å². The Hall–Kier alpha value is -1.10. The molecule has 0 bridgehead atoms. The van der Waals surface area contributed by atoms with Crippen LogP contribution in [0.3, 0.4) is 0 Å². The number of carbonyl (C=O) groups excluding carboxylic acids is 1. The van der Waals surface area contributed by atoms with Crippen LogP contribution in [0.15, 0.2) is 24.3 Å². The molecule has 0 aromatic heterocycles. The van der Waals surface area contributed by atoms with Crippen LogP contribution in [0.4, 0.5) is 0 Å². The molecule has 1 aromatic carbocycles. The maximum absolute atomic E-state index is 12.7. The molecule has 26 heavy (non-hydrogen) atoms. The molecule has 1 saturated heterocycles. The van der Waals surface area contributed by atoms with Crippen LogP contribution in [-0.2, 0) is 14.9 Å². The minimum absolute atomic E-state index is 0.00122. The molecule has 1 aliphatic heterocycles. The zero-order chi connectivity index (χ0) is 18.5. The minimum atomic E-state index is -0.0960. The molecule has 0 radical (unpaired) electrons. The molecule has 3 N–H and O–H groups in total. The number of ether oxygens (including phenoxy) is 1. The second kappa shape index (κ2) is 8.73. The van der Waals surface area contributed by atoms with Crippen LogP contribution in [0.25, 0.3) is 0 Å². The van der Waals surface area contributed by atoms with Crippen LogP contribution in [-0.4, -0.2) is 32.2 Å². The summed E-state index contributed by atoms with van der Waals surface area (Å²) in [6.45, 7) is 2.67. The van der Waals surface area contributed by atoms with Gasteiger partial charge in [-0.1, -0.05) is 43.0 Å². The summed E-state index contributed by atoms with van der Waals surface area (Å²) in [6.07, 6.45) is 8.13. The van der Waals surface area contributed by atoms with E-state index in [2.05, 4.69) is 11.4 Å². The van der Waals surface area contributed by atoms with Gasteiger partial charge in [0.25, 0.3) is 0 Å². The molecule has 0 unspecified atom stereocenters. The number of halogens is 1. The molecular weight excluding hydrogens is 348 g/mol. The fourth-order valence-electron chi connectivity index (χ4n) is 4.57. The SMILES string of the molecule is NCC1(CC(=O)NCC2(c3cccc(Cl)c3)CCOCC2)CCCCC1. The normalized spacial score (nSPS) is 21.9. The predicted molar refractivity (Wildman–Crippen MR) is 105 cm³/mol. The topological polar surface area (TPSA) is 64.4 Å². The molecule has 3 rings (SSSR count). The first-order valence-corrected chi connectivity index (χ1v) is 10.3. The summed E-state index contributed by atoms with van der Waals surface area (Å²) < 4.78 is 5.58. The number of nitrogens with one attached hydrogen (secondary N) is 1. The van der Waals surface area contributed by atoms with Crippen LogP contribution in [0.1, 0.15) is 56.9 Å². The predicted octanol–water partition coefficient (Wildman–Crippen LogP) is 3.80. The van der Waals surface area contributed by atoms with Gasteiger partial charge < -0.3 is 15.8 Å². The number of hydrogen-bond donors (Lipinski definition) is 2. The summed E-state index contributed by atoms with van der Waals surface area (Å²) in [5, 5.41) is 3.96. The van der Waals surface area contributed by atoms with Crippen molar-refractivity contribution in [3.05, 3.63) is 34.9 Å². The standard InChI is InChI=1S/C21H31ClN2O2/c22-18-6-4-5-17(13-18)21(9-11-26-12-10-21)16-24-19(25)14-20(15-23)7-2-1-3-8-20/h4-6,13H,1-3,7-12,14-16,23H2,(H,24,25). The van der Waals surface area contributed by atoms with E-state index in [1.165, 1.54) is 24.8 Å². The third-order valence-electron chi connectivity index (χ3n) is 6.39. The van der Waals surface area contributed by atoms with Crippen molar-refractivity contribution in [1.29, 1.82) is 0 Å². The lowest BCUT2D eigenvalue weighted by Crippen LogP contribution is -2.46. The monoisotopic (exact) mass is 378 g/mol. The van der Waals surface area contributed by atoms with Gasteiger partial charge in [0.05, 0.1) is 0 Å². The van der Waals surface area contributed by atoms with Crippen LogP contribution in [0, 0.1) is 5.41 Å². The highest BCUT2D eigenvalue weighted by molar-refractivity contribution is 6.30. The number of rotatable bonds is 6. The number of nitrogens with two attached hydrogens (primary N) is 1. The number of benzene rings is 1. The van der Waals surface area contributed by atoms with Gasteiger partial charge in [-0.25, -0.2) is 0 Å². The van der Waals surface area contributed by atoms with Gasteiger partial charge in [-0.15, -0.1) is 0 Å². The Labute approximate surface area is 161 Å². The number of amides is 1. The molecule has 0 spiro atoms. The molecule has 1 amide bonds. The highest BCUT2D eigenvalue weighted by atomic mass is 35.5. The minimum Gasteiger partial charge on any atom is -0.381 e. The Bertz CT molecular complexity index is 608. The van der Waals surface area contributed by atoms with Gasteiger partial charge in [-0.3, -0.25) is 4.79 Å². The van der Waals surface area contributed by atoms with E-state index in [9.17, 15) is 4.79 Å². The Morgan fingerprint density at radius 1 is 1.15 bits per heavy atom. The molecule has 1 aromatic rings. The van der Waals surface area contributed by atoms with Crippen molar-refractivity contribution in [3.63, 3.8) is 0 Å². The zero-order valence-electron chi connectivity index (χ0n) is 15.6. The highest BCUT2D eigenvalue weighted by Crippen LogP contribution is 2.39. The van der Waals surface area contributed by atoms with Crippen molar-refractivity contribution >= 4 is 17.5 Å². The van der Waals surface area contributed by atoms with Crippen molar-refractivity contribution in [2.75, 3.05) is 26.3 Å². The summed E-state index contributed by atoms with van der Waals surface area (Å²) in [7, 11) is 0. The zero-order valence-corrected chi connectivity index (χ0v) is 16.3. The molecule has 2 fully saturated rings. The third-order valence-corrected chi connectivity index (χ3v) is 6.63. The lowest BCUT2D eigenvalue weighted by atomic mass is 9.71. The third kappa shape index (κ3) is 4.59. The van der Waals surface area contributed by atoms with Gasteiger partial charge in [0.1, 0.15) is 0 Å². The maximum Gasteiger partial charge on any atom is 0.220 e. The van der Waals surface area contributed by atoms with Gasteiger partial charge in [0.2, 0.25) is 5.91 Å². The molecule has 1 saturated carbocycles. The average molecular weight is 379 g/mol. The second-order valence-corrected chi connectivity index (χ2v) is 8.56. The summed E-state index contributed by atoms with van der Waals surface area (Å²) >= 11 is 6.22. The molecule has 144 valence electrons.